The summed E-state index contributed by atoms with van der Waals surface area (Å²) in [6.45, 7) is 1.70. The SMILES string of the molecule is CC[C@@H](CNS(=O)(=O)C1(c2ccccc2C#N)CC1)N1C(=O)[C@@H](CC(=O)O)O[C@H](c2cccc(Cl)c2)C1c1ccc(Cl)cc1. The minimum absolute atomic E-state index is 0.132. The van der Waals surface area contributed by atoms with Crippen LogP contribution in [0.15, 0.2) is 72.8 Å². The number of sulfonamides is 1. The van der Waals surface area contributed by atoms with Gasteiger partial charge in [0, 0.05) is 22.6 Å². The number of carbonyl (C=O) groups is 2. The van der Waals surface area contributed by atoms with Crippen molar-refractivity contribution in [2.45, 2.75) is 61.6 Å². The number of nitrogens with zero attached hydrogens (tertiary/aromatic N) is 2. The van der Waals surface area contributed by atoms with E-state index in [1.807, 2.05) is 6.92 Å². The lowest BCUT2D eigenvalue weighted by Gasteiger charge is -2.48. The second kappa shape index (κ2) is 12.9. The summed E-state index contributed by atoms with van der Waals surface area (Å²) in [5.74, 6) is -1.77. The van der Waals surface area contributed by atoms with Gasteiger partial charge in [0.2, 0.25) is 10.0 Å². The highest BCUT2D eigenvalue weighted by molar-refractivity contribution is 7.90. The number of nitriles is 1. The normalized spacial score (nSPS) is 21.8. The molecule has 1 heterocycles. The highest BCUT2D eigenvalue weighted by Gasteiger charge is 2.57. The summed E-state index contributed by atoms with van der Waals surface area (Å²) in [6, 6.07) is 21.2. The van der Waals surface area contributed by atoms with E-state index in [9.17, 15) is 28.4 Å². The molecule has 1 amide bonds. The first-order valence-corrected chi connectivity index (χ1v) is 16.4. The molecule has 0 spiro atoms. The number of benzene rings is 3. The number of ether oxygens (including phenoxy) is 1. The Kier molecular flexibility index (Phi) is 9.35. The smallest absolute Gasteiger partial charge is 0.306 e. The minimum atomic E-state index is -3.99. The van der Waals surface area contributed by atoms with Gasteiger partial charge >= 0.3 is 5.97 Å². The minimum Gasteiger partial charge on any atom is -0.481 e. The molecule has 0 bridgehead atoms. The molecule has 1 saturated carbocycles. The molecule has 0 aromatic heterocycles. The Labute approximate surface area is 266 Å². The molecule has 1 aliphatic heterocycles. The molecular weight excluding hydrogens is 625 g/mol. The van der Waals surface area contributed by atoms with Crippen molar-refractivity contribution in [3.05, 3.63) is 105 Å². The number of carboxylic acids is 1. The lowest BCUT2D eigenvalue weighted by Crippen LogP contribution is -2.57. The Morgan fingerprint density at radius 3 is 2.41 bits per heavy atom. The molecule has 9 nitrogen and oxygen atoms in total. The Morgan fingerprint density at radius 2 is 1.80 bits per heavy atom. The van der Waals surface area contributed by atoms with Gasteiger partial charge in [-0.15, -0.1) is 0 Å². The predicted octanol–water partition coefficient (Wildman–Crippen LogP) is 5.74. The monoisotopic (exact) mass is 655 g/mol. The number of amides is 1. The van der Waals surface area contributed by atoms with Crippen LogP contribution in [0.3, 0.4) is 0 Å². The molecule has 3 aromatic carbocycles. The van der Waals surface area contributed by atoms with Crippen LogP contribution in [0.2, 0.25) is 10.0 Å². The fourth-order valence-corrected chi connectivity index (χ4v) is 8.08. The Bertz CT molecular complexity index is 1710. The van der Waals surface area contributed by atoms with Gasteiger partial charge in [-0.25, -0.2) is 13.1 Å². The van der Waals surface area contributed by atoms with E-state index < -0.39 is 57.4 Å². The molecule has 2 aliphatic rings. The largest absolute Gasteiger partial charge is 0.481 e. The Hall–Kier alpha value is -3.46. The average molecular weight is 657 g/mol. The maximum atomic E-state index is 14.1. The zero-order valence-corrected chi connectivity index (χ0v) is 26.1. The molecule has 1 unspecified atom stereocenters. The topological polar surface area (TPSA) is 137 Å². The third kappa shape index (κ3) is 6.21. The summed E-state index contributed by atoms with van der Waals surface area (Å²) in [5, 5.41) is 20.2. The second-order valence-corrected chi connectivity index (χ2v) is 14.0. The molecule has 230 valence electrons. The van der Waals surface area contributed by atoms with Gasteiger partial charge in [0.05, 0.1) is 24.1 Å². The summed E-state index contributed by atoms with van der Waals surface area (Å²) in [6.07, 6.45) is -1.64. The molecule has 44 heavy (non-hydrogen) atoms. The molecule has 2 fully saturated rings. The lowest BCUT2D eigenvalue weighted by molar-refractivity contribution is -0.183. The number of carboxylic acid groups (broad SMARTS) is 1. The van der Waals surface area contributed by atoms with Crippen LogP contribution in [0.25, 0.3) is 0 Å². The standard InChI is InChI=1S/C32H31Cl2N3O6S/c1-2-25(19-36-44(41,42)32(14-15-32)26-9-4-3-6-22(26)18-35)37-29(20-10-12-23(33)13-11-20)30(21-7-5-8-24(34)16-21)43-27(31(37)40)17-28(38)39/h3-13,16,25,27,29-30,36H,2,14-15,17,19H2,1H3,(H,38,39)/t25-,27+,29?,30+/m0/s1. The van der Waals surface area contributed by atoms with Gasteiger partial charge < -0.3 is 14.7 Å². The van der Waals surface area contributed by atoms with E-state index in [1.165, 1.54) is 0 Å². The molecular formula is C32H31Cl2N3O6S. The number of rotatable bonds is 11. The summed E-state index contributed by atoms with van der Waals surface area (Å²) in [7, 11) is -3.99. The number of morpholine rings is 1. The van der Waals surface area contributed by atoms with Crippen LogP contribution in [-0.2, 0) is 29.1 Å². The van der Waals surface area contributed by atoms with Crippen LogP contribution < -0.4 is 4.72 Å². The van der Waals surface area contributed by atoms with Crippen molar-refractivity contribution in [1.82, 2.24) is 9.62 Å². The number of hydrogen-bond acceptors (Lipinski definition) is 6. The molecule has 2 N–H and O–H groups in total. The number of aliphatic carboxylic acids is 1. The fourth-order valence-electron chi connectivity index (χ4n) is 5.96. The molecule has 3 aromatic rings. The van der Waals surface area contributed by atoms with Crippen LogP contribution in [0.5, 0.6) is 0 Å². The first kappa shape index (κ1) is 31.9. The zero-order chi connectivity index (χ0) is 31.6. The van der Waals surface area contributed by atoms with Crippen LogP contribution in [-0.4, -0.2) is 49.0 Å². The van der Waals surface area contributed by atoms with Crippen molar-refractivity contribution >= 4 is 45.1 Å². The van der Waals surface area contributed by atoms with Crippen molar-refractivity contribution in [2.24, 2.45) is 0 Å². The van der Waals surface area contributed by atoms with Gasteiger partial charge in [0.1, 0.15) is 17.0 Å². The number of nitrogens with one attached hydrogen (secondary N) is 1. The highest BCUT2D eigenvalue weighted by Crippen LogP contribution is 2.53. The maximum Gasteiger partial charge on any atom is 0.306 e. The fraction of sp³-hybridized carbons (Fsp3) is 0.344. The summed E-state index contributed by atoms with van der Waals surface area (Å²) < 4.78 is 35.4. The van der Waals surface area contributed by atoms with Crippen molar-refractivity contribution < 1.29 is 27.9 Å². The van der Waals surface area contributed by atoms with E-state index in [0.717, 1.165) is 0 Å². The van der Waals surface area contributed by atoms with Crippen LogP contribution in [0.4, 0.5) is 0 Å². The average Bonchev–Trinajstić information content (AvgIpc) is 3.82. The van der Waals surface area contributed by atoms with E-state index in [1.54, 1.807) is 77.7 Å². The van der Waals surface area contributed by atoms with Gasteiger partial charge in [-0.2, -0.15) is 5.26 Å². The first-order chi connectivity index (χ1) is 21.0. The molecule has 1 saturated heterocycles. The summed E-state index contributed by atoms with van der Waals surface area (Å²) in [5.41, 5.74) is 2.05. The van der Waals surface area contributed by atoms with Gasteiger partial charge in [-0.05, 0) is 66.3 Å². The molecule has 12 heteroatoms. The van der Waals surface area contributed by atoms with Gasteiger partial charge in [-0.3, -0.25) is 9.59 Å². The predicted molar refractivity (Wildman–Crippen MR) is 165 cm³/mol. The number of halogens is 2. The Balaban J connectivity index is 1.54. The van der Waals surface area contributed by atoms with E-state index in [2.05, 4.69) is 10.8 Å². The van der Waals surface area contributed by atoms with Crippen molar-refractivity contribution in [1.29, 1.82) is 5.26 Å². The van der Waals surface area contributed by atoms with Crippen LogP contribution in [0, 0.1) is 11.3 Å². The van der Waals surface area contributed by atoms with E-state index >= 15 is 0 Å². The summed E-state index contributed by atoms with van der Waals surface area (Å²) in [4.78, 5) is 27.4. The van der Waals surface area contributed by atoms with Crippen LogP contribution >= 0.6 is 23.2 Å². The lowest BCUT2D eigenvalue weighted by atomic mass is 9.89. The molecule has 4 atom stereocenters. The number of carbonyl (C=O) groups excluding carboxylic acids is 1. The summed E-state index contributed by atoms with van der Waals surface area (Å²) >= 11 is 12.5. The first-order valence-electron chi connectivity index (χ1n) is 14.2. The van der Waals surface area contributed by atoms with E-state index in [0.29, 0.717) is 51.6 Å². The van der Waals surface area contributed by atoms with E-state index in [-0.39, 0.29) is 6.54 Å². The highest BCUT2D eigenvalue weighted by atomic mass is 35.5. The van der Waals surface area contributed by atoms with E-state index in [4.69, 9.17) is 27.9 Å². The number of hydrogen-bond donors (Lipinski definition) is 2. The molecule has 0 radical (unpaired) electrons. The third-order valence-corrected chi connectivity index (χ3v) is 11.0. The van der Waals surface area contributed by atoms with Crippen molar-refractivity contribution in [3.8, 4) is 6.07 Å². The second-order valence-electron chi connectivity index (χ2n) is 11.0. The Morgan fingerprint density at radius 1 is 1.09 bits per heavy atom. The quantitative estimate of drug-likeness (QED) is 0.269. The maximum absolute atomic E-state index is 14.1. The van der Waals surface area contributed by atoms with Gasteiger partial charge in [0.25, 0.3) is 5.91 Å². The van der Waals surface area contributed by atoms with Crippen molar-refractivity contribution in [2.75, 3.05) is 6.54 Å². The molecule has 5 rings (SSSR count). The zero-order valence-electron chi connectivity index (χ0n) is 23.8. The van der Waals surface area contributed by atoms with Gasteiger partial charge in [0.15, 0.2) is 0 Å². The third-order valence-electron chi connectivity index (χ3n) is 8.31. The van der Waals surface area contributed by atoms with Crippen molar-refractivity contribution in [3.63, 3.8) is 0 Å². The van der Waals surface area contributed by atoms with Crippen LogP contribution in [0.1, 0.15) is 67.0 Å². The van der Waals surface area contributed by atoms with Gasteiger partial charge in [-0.1, -0.05) is 72.6 Å². The molecule has 1 aliphatic carbocycles.